The van der Waals surface area contributed by atoms with Gasteiger partial charge in [0.2, 0.25) is 23.3 Å². The fraction of sp³-hybridized carbons (Fsp3) is 0.312. The zero-order chi connectivity index (χ0) is 16.6. The molecular formula is C16H17NO6. The predicted octanol–water partition coefficient (Wildman–Crippen LogP) is 2.50. The molecule has 0 atom stereocenters. The second kappa shape index (κ2) is 5.75. The van der Waals surface area contributed by atoms with Gasteiger partial charge in [0.05, 0.1) is 19.8 Å². The highest BCUT2D eigenvalue weighted by molar-refractivity contribution is 5.96. The summed E-state index contributed by atoms with van der Waals surface area (Å²) in [6.07, 6.45) is 1.07. The van der Waals surface area contributed by atoms with E-state index in [-0.39, 0.29) is 17.6 Å². The van der Waals surface area contributed by atoms with E-state index in [0.717, 1.165) is 0 Å². The minimum absolute atomic E-state index is 0.0386. The molecule has 7 nitrogen and oxygen atoms in total. The lowest BCUT2D eigenvalue weighted by Crippen LogP contribution is -2.23. The van der Waals surface area contributed by atoms with Crippen molar-refractivity contribution in [3.05, 3.63) is 18.2 Å². The van der Waals surface area contributed by atoms with Gasteiger partial charge in [0.25, 0.3) is 0 Å². The molecule has 2 N–H and O–H groups in total. The Labute approximate surface area is 132 Å². The van der Waals surface area contributed by atoms with Crippen molar-refractivity contribution in [2.24, 2.45) is 0 Å². The molecule has 7 heteroatoms. The molecule has 1 saturated heterocycles. The van der Waals surface area contributed by atoms with Crippen LogP contribution in [0.3, 0.4) is 0 Å². The van der Waals surface area contributed by atoms with Gasteiger partial charge in [0.1, 0.15) is 11.5 Å². The van der Waals surface area contributed by atoms with Gasteiger partial charge in [0, 0.05) is 19.0 Å². The smallest absolute Gasteiger partial charge is 0.249 e. The number of rotatable bonds is 4. The van der Waals surface area contributed by atoms with Crippen LogP contribution in [0, 0.1) is 0 Å². The summed E-state index contributed by atoms with van der Waals surface area (Å²) in [6.45, 7) is 0.443. The number of amides is 1. The average Bonchev–Trinajstić information content (AvgIpc) is 3.11. The molecule has 3 rings (SSSR count). The minimum Gasteiger partial charge on any atom is -0.502 e. The van der Waals surface area contributed by atoms with E-state index in [0.29, 0.717) is 36.4 Å². The molecule has 122 valence electrons. The highest BCUT2D eigenvalue weighted by Gasteiger charge is 2.32. The molecule has 0 spiro atoms. The van der Waals surface area contributed by atoms with Crippen molar-refractivity contribution in [1.29, 1.82) is 0 Å². The van der Waals surface area contributed by atoms with Crippen LogP contribution in [0.1, 0.15) is 12.8 Å². The lowest BCUT2D eigenvalue weighted by atomic mass is 10.1. The number of ether oxygens (including phenoxy) is 2. The summed E-state index contributed by atoms with van der Waals surface area (Å²) in [5.41, 5.74) is 0.444. The minimum atomic E-state index is -0.451. The molecule has 2 aromatic rings. The largest absolute Gasteiger partial charge is 0.502 e. The fourth-order valence-corrected chi connectivity index (χ4v) is 2.62. The van der Waals surface area contributed by atoms with Crippen molar-refractivity contribution >= 4 is 11.8 Å². The topological polar surface area (TPSA) is 92.4 Å². The van der Waals surface area contributed by atoms with Crippen LogP contribution in [0.5, 0.6) is 23.0 Å². The number of hydrogen-bond donors (Lipinski definition) is 2. The summed E-state index contributed by atoms with van der Waals surface area (Å²) < 4.78 is 16.0. The zero-order valence-corrected chi connectivity index (χ0v) is 12.8. The number of hydrogen-bond acceptors (Lipinski definition) is 6. The highest BCUT2D eigenvalue weighted by Crippen LogP contribution is 2.49. The Morgan fingerprint density at radius 1 is 1.17 bits per heavy atom. The van der Waals surface area contributed by atoms with E-state index < -0.39 is 11.5 Å². The Bertz CT molecular complexity index is 751. The molecule has 1 aromatic heterocycles. The molecule has 1 aromatic carbocycles. The summed E-state index contributed by atoms with van der Waals surface area (Å²) in [5, 5.41) is 20.3. The molecular weight excluding hydrogens is 302 g/mol. The third-order valence-electron chi connectivity index (χ3n) is 3.81. The number of methoxy groups -OCH3 is 2. The van der Waals surface area contributed by atoms with Crippen LogP contribution in [0.2, 0.25) is 0 Å². The maximum Gasteiger partial charge on any atom is 0.249 e. The zero-order valence-electron chi connectivity index (χ0n) is 12.8. The number of nitrogens with zero attached hydrogens (tertiary/aromatic N) is 1. The van der Waals surface area contributed by atoms with Crippen molar-refractivity contribution in [2.45, 2.75) is 12.8 Å². The number of furan rings is 1. The SMILES string of the molecule is COc1ccc(-c2oc(N3CCCC3=O)c(O)c2O)c(OC)c1. The maximum atomic E-state index is 11.8. The van der Waals surface area contributed by atoms with E-state index in [1.165, 1.54) is 19.1 Å². The molecule has 1 fully saturated rings. The summed E-state index contributed by atoms with van der Waals surface area (Å²) in [4.78, 5) is 13.2. The van der Waals surface area contributed by atoms with Gasteiger partial charge in [-0.25, -0.2) is 0 Å². The van der Waals surface area contributed by atoms with E-state index in [4.69, 9.17) is 13.9 Å². The first-order valence-corrected chi connectivity index (χ1v) is 7.14. The second-order valence-electron chi connectivity index (χ2n) is 5.15. The molecule has 23 heavy (non-hydrogen) atoms. The van der Waals surface area contributed by atoms with Crippen molar-refractivity contribution in [3.63, 3.8) is 0 Å². The predicted molar refractivity (Wildman–Crippen MR) is 82.2 cm³/mol. The van der Waals surface area contributed by atoms with Gasteiger partial charge >= 0.3 is 0 Å². The normalized spacial score (nSPS) is 14.3. The Morgan fingerprint density at radius 3 is 2.57 bits per heavy atom. The van der Waals surface area contributed by atoms with Crippen LogP contribution >= 0.6 is 0 Å². The van der Waals surface area contributed by atoms with E-state index in [2.05, 4.69) is 0 Å². The average molecular weight is 319 g/mol. The number of carbonyl (C=O) groups is 1. The summed E-state index contributed by atoms with van der Waals surface area (Å²) in [5.74, 6) is -0.0448. The Kier molecular flexibility index (Phi) is 3.77. The van der Waals surface area contributed by atoms with Gasteiger partial charge in [-0.15, -0.1) is 0 Å². The Balaban J connectivity index is 2.09. The fourth-order valence-electron chi connectivity index (χ4n) is 2.62. The van der Waals surface area contributed by atoms with Crippen LogP contribution in [0.4, 0.5) is 5.88 Å². The molecule has 1 amide bonds. The molecule has 2 heterocycles. The van der Waals surface area contributed by atoms with Crippen molar-refractivity contribution in [2.75, 3.05) is 25.7 Å². The first-order valence-electron chi connectivity index (χ1n) is 7.14. The van der Waals surface area contributed by atoms with Crippen LogP contribution < -0.4 is 14.4 Å². The number of benzene rings is 1. The third kappa shape index (κ3) is 2.44. The van der Waals surface area contributed by atoms with E-state index in [1.54, 1.807) is 18.2 Å². The van der Waals surface area contributed by atoms with Gasteiger partial charge in [-0.05, 0) is 18.6 Å². The molecule has 0 unspecified atom stereocenters. The molecule has 1 aliphatic rings. The summed E-state index contributed by atoms with van der Waals surface area (Å²) in [7, 11) is 3.00. The Morgan fingerprint density at radius 2 is 1.96 bits per heavy atom. The van der Waals surface area contributed by atoms with E-state index in [9.17, 15) is 15.0 Å². The quantitative estimate of drug-likeness (QED) is 0.899. The lowest BCUT2D eigenvalue weighted by Gasteiger charge is -2.11. The van der Waals surface area contributed by atoms with Gasteiger partial charge in [0.15, 0.2) is 5.76 Å². The number of aromatic hydroxyl groups is 2. The molecule has 0 aliphatic carbocycles. The number of carbonyl (C=O) groups excluding carboxylic acids is 1. The van der Waals surface area contributed by atoms with Crippen LogP contribution in [-0.4, -0.2) is 36.9 Å². The summed E-state index contributed by atoms with van der Waals surface area (Å²) in [6, 6.07) is 4.96. The van der Waals surface area contributed by atoms with E-state index in [1.807, 2.05) is 0 Å². The van der Waals surface area contributed by atoms with Crippen molar-refractivity contribution in [1.82, 2.24) is 0 Å². The maximum absolute atomic E-state index is 11.8. The first-order chi connectivity index (χ1) is 11.1. The van der Waals surface area contributed by atoms with Crippen molar-refractivity contribution in [3.8, 4) is 34.3 Å². The van der Waals surface area contributed by atoms with Crippen LogP contribution in [0.15, 0.2) is 22.6 Å². The van der Waals surface area contributed by atoms with Gasteiger partial charge in [-0.2, -0.15) is 0 Å². The van der Waals surface area contributed by atoms with Crippen LogP contribution in [0.25, 0.3) is 11.3 Å². The van der Waals surface area contributed by atoms with Gasteiger partial charge in [-0.1, -0.05) is 0 Å². The third-order valence-corrected chi connectivity index (χ3v) is 3.81. The van der Waals surface area contributed by atoms with E-state index >= 15 is 0 Å². The highest BCUT2D eigenvalue weighted by atomic mass is 16.5. The van der Waals surface area contributed by atoms with Crippen molar-refractivity contribution < 1.29 is 28.9 Å². The first kappa shape index (κ1) is 15.1. The second-order valence-corrected chi connectivity index (χ2v) is 5.15. The summed E-state index contributed by atoms with van der Waals surface area (Å²) >= 11 is 0. The van der Waals surface area contributed by atoms with Gasteiger partial charge < -0.3 is 24.1 Å². The monoisotopic (exact) mass is 319 g/mol. The van der Waals surface area contributed by atoms with Gasteiger partial charge in [-0.3, -0.25) is 9.69 Å². The lowest BCUT2D eigenvalue weighted by molar-refractivity contribution is -0.117. The van der Waals surface area contributed by atoms with Crippen LogP contribution in [-0.2, 0) is 4.79 Å². The number of anilines is 1. The molecule has 1 aliphatic heterocycles. The molecule has 0 bridgehead atoms. The molecule has 0 saturated carbocycles. The standard InChI is InChI=1S/C16H17NO6/c1-21-9-5-6-10(11(8-9)22-2)15-13(19)14(20)16(23-15)17-7-3-4-12(17)18/h5-6,8,19-20H,3-4,7H2,1-2H3. The molecule has 0 radical (unpaired) electrons. The Hall–Kier alpha value is -2.83.